The molecule has 0 fully saturated rings. The highest BCUT2D eigenvalue weighted by atomic mass is 16.4. The van der Waals surface area contributed by atoms with Crippen molar-refractivity contribution in [2.45, 2.75) is 6.54 Å². The van der Waals surface area contributed by atoms with E-state index in [0.29, 0.717) is 34.7 Å². The lowest BCUT2D eigenvalue weighted by atomic mass is 10.2. The molecule has 4 aromatic rings. The van der Waals surface area contributed by atoms with Gasteiger partial charge in [-0.1, -0.05) is 18.2 Å². The number of rotatable bonds is 3. The topological polar surface area (TPSA) is 96.7 Å². The molecule has 0 saturated heterocycles. The van der Waals surface area contributed by atoms with Crippen LogP contribution in [0.4, 0.5) is 5.82 Å². The Bertz CT molecular complexity index is 1020. The Hall–Kier alpha value is -3.22. The molecule has 2 N–H and O–H groups in total. The Morgan fingerprint density at radius 2 is 2.09 bits per heavy atom. The van der Waals surface area contributed by atoms with Crippen LogP contribution in [0.5, 0.6) is 0 Å². The number of nitrogens with one attached hydrogen (secondary N) is 2. The van der Waals surface area contributed by atoms with E-state index in [4.69, 9.17) is 4.42 Å². The van der Waals surface area contributed by atoms with Crippen LogP contribution in [0.25, 0.3) is 22.1 Å². The fourth-order valence-corrected chi connectivity index (χ4v) is 2.31. The molecule has 3 heterocycles. The minimum atomic E-state index is -0.360. The Morgan fingerprint density at radius 3 is 3.05 bits per heavy atom. The van der Waals surface area contributed by atoms with Crippen LogP contribution in [0.1, 0.15) is 5.56 Å². The van der Waals surface area contributed by atoms with Crippen molar-refractivity contribution in [2.24, 2.45) is 0 Å². The van der Waals surface area contributed by atoms with E-state index in [1.54, 1.807) is 12.4 Å². The third-order valence-corrected chi connectivity index (χ3v) is 3.38. The van der Waals surface area contributed by atoms with Crippen LogP contribution >= 0.6 is 0 Å². The molecule has 7 nitrogen and oxygen atoms in total. The highest BCUT2D eigenvalue weighted by Gasteiger charge is 2.08. The number of hydrogen-bond donors (Lipinski definition) is 2. The predicted molar refractivity (Wildman–Crippen MR) is 81.5 cm³/mol. The fraction of sp³-hybridized carbons (Fsp3) is 0.0667. The Kier molecular flexibility index (Phi) is 2.82. The van der Waals surface area contributed by atoms with Crippen molar-refractivity contribution in [3.05, 3.63) is 59.0 Å². The number of H-pyrrole nitrogens is 1. The van der Waals surface area contributed by atoms with Crippen molar-refractivity contribution in [1.29, 1.82) is 0 Å². The van der Waals surface area contributed by atoms with E-state index in [2.05, 4.69) is 25.3 Å². The van der Waals surface area contributed by atoms with Crippen molar-refractivity contribution >= 4 is 28.0 Å². The summed E-state index contributed by atoms with van der Waals surface area (Å²) < 4.78 is 5.31. The number of nitrogens with zero attached hydrogens (tertiary/aromatic N) is 3. The van der Waals surface area contributed by atoms with Crippen LogP contribution < -0.4 is 10.9 Å². The number of para-hydroxylation sites is 1. The number of benzene rings is 1. The van der Waals surface area contributed by atoms with Crippen molar-refractivity contribution in [1.82, 2.24) is 19.9 Å². The van der Waals surface area contributed by atoms with Crippen LogP contribution in [0, 0.1) is 0 Å². The van der Waals surface area contributed by atoms with Gasteiger partial charge in [-0.25, -0.2) is 19.7 Å². The maximum Gasteiger partial charge on any atom is 0.341 e. The summed E-state index contributed by atoms with van der Waals surface area (Å²) in [7, 11) is 0. The SMILES string of the molecule is O=c1oc2ccccc2cc1CNc1ncnc2nc[nH]c12. The van der Waals surface area contributed by atoms with Crippen molar-refractivity contribution < 1.29 is 4.42 Å². The molecule has 1 aromatic carbocycles. The first-order valence-corrected chi connectivity index (χ1v) is 6.71. The lowest BCUT2D eigenvalue weighted by Gasteiger charge is -2.06. The van der Waals surface area contributed by atoms with Crippen molar-refractivity contribution in [2.75, 3.05) is 5.32 Å². The maximum absolute atomic E-state index is 12.0. The summed E-state index contributed by atoms with van der Waals surface area (Å²) in [6, 6.07) is 9.22. The molecule has 4 rings (SSSR count). The second kappa shape index (κ2) is 4.96. The molecule has 0 saturated carbocycles. The van der Waals surface area contributed by atoms with Gasteiger partial charge in [-0.05, 0) is 12.1 Å². The second-order valence-corrected chi connectivity index (χ2v) is 4.77. The number of aromatic amines is 1. The van der Waals surface area contributed by atoms with Crippen LogP contribution in [0.3, 0.4) is 0 Å². The lowest BCUT2D eigenvalue weighted by Crippen LogP contribution is -2.12. The van der Waals surface area contributed by atoms with Gasteiger partial charge >= 0.3 is 5.63 Å². The summed E-state index contributed by atoms with van der Waals surface area (Å²) in [6.45, 7) is 0.304. The molecule has 0 unspecified atom stereocenters. The molecule has 22 heavy (non-hydrogen) atoms. The first-order valence-electron chi connectivity index (χ1n) is 6.71. The van der Waals surface area contributed by atoms with E-state index in [1.165, 1.54) is 6.33 Å². The quantitative estimate of drug-likeness (QED) is 0.561. The molecule has 7 heteroatoms. The summed E-state index contributed by atoms with van der Waals surface area (Å²) >= 11 is 0. The zero-order valence-electron chi connectivity index (χ0n) is 11.4. The van der Waals surface area contributed by atoms with Gasteiger partial charge in [0.25, 0.3) is 0 Å². The van der Waals surface area contributed by atoms with Gasteiger partial charge in [0.05, 0.1) is 11.9 Å². The Morgan fingerprint density at radius 1 is 1.18 bits per heavy atom. The molecule has 0 aliphatic heterocycles. The number of hydrogen-bond acceptors (Lipinski definition) is 6. The number of anilines is 1. The third kappa shape index (κ3) is 2.08. The predicted octanol–water partition coefficient (Wildman–Crippen LogP) is 2.07. The van der Waals surface area contributed by atoms with Crippen molar-refractivity contribution in [3.63, 3.8) is 0 Å². The molecule has 0 radical (unpaired) electrons. The van der Waals surface area contributed by atoms with Gasteiger partial charge in [0.1, 0.15) is 17.4 Å². The minimum Gasteiger partial charge on any atom is -0.422 e. The molecule has 0 aliphatic carbocycles. The molecular formula is C15H11N5O2. The summed E-state index contributed by atoms with van der Waals surface area (Å²) in [5.41, 5.74) is 2.02. The normalized spacial score (nSPS) is 11.1. The van der Waals surface area contributed by atoms with Gasteiger partial charge in [-0.3, -0.25) is 0 Å². The summed E-state index contributed by atoms with van der Waals surface area (Å²) in [4.78, 5) is 27.2. The first kappa shape index (κ1) is 12.5. The lowest BCUT2D eigenvalue weighted by molar-refractivity contribution is 0.552. The van der Waals surface area contributed by atoms with Gasteiger partial charge in [0, 0.05) is 11.9 Å². The highest BCUT2D eigenvalue weighted by molar-refractivity contribution is 5.82. The molecule has 0 bridgehead atoms. The van der Waals surface area contributed by atoms with E-state index >= 15 is 0 Å². The summed E-state index contributed by atoms with van der Waals surface area (Å²) in [5.74, 6) is 0.593. The molecule has 0 amide bonds. The standard InChI is InChI=1S/C15H11N5O2/c21-15-10(5-9-3-1-2-4-11(9)22-15)6-16-13-12-14(18-7-17-12)20-8-19-13/h1-5,7-8H,6H2,(H2,16,17,18,19,20). The van der Waals surface area contributed by atoms with E-state index in [1.807, 2.05) is 24.3 Å². The molecular weight excluding hydrogens is 282 g/mol. The Balaban J connectivity index is 1.68. The summed E-state index contributed by atoms with van der Waals surface area (Å²) in [5, 5.41) is 4.00. The molecule has 0 spiro atoms. The fourth-order valence-electron chi connectivity index (χ4n) is 2.31. The zero-order chi connectivity index (χ0) is 14.9. The molecule has 108 valence electrons. The smallest absolute Gasteiger partial charge is 0.341 e. The zero-order valence-corrected chi connectivity index (χ0v) is 11.4. The average molecular weight is 293 g/mol. The second-order valence-electron chi connectivity index (χ2n) is 4.77. The molecule has 3 aromatic heterocycles. The van der Waals surface area contributed by atoms with Gasteiger partial charge in [-0.15, -0.1) is 0 Å². The van der Waals surface area contributed by atoms with Gasteiger partial charge < -0.3 is 14.7 Å². The largest absolute Gasteiger partial charge is 0.422 e. The maximum atomic E-state index is 12.0. The summed E-state index contributed by atoms with van der Waals surface area (Å²) in [6.07, 6.45) is 2.98. The number of imidazole rings is 1. The first-order chi connectivity index (χ1) is 10.8. The minimum absolute atomic E-state index is 0.304. The monoisotopic (exact) mass is 293 g/mol. The van der Waals surface area contributed by atoms with E-state index in [-0.39, 0.29) is 5.63 Å². The highest BCUT2D eigenvalue weighted by Crippen LogP contribution is 2.16. The number of aromatic nitrogens is 4. The number of fused-ring (bicyclic) bond motifs is 2. The van der Waals surface area contributed by atoms with E-state index < -0.39 is 0 Å². The van der Waals surface area contributed by atoms with Crippen LogP contribution in [0.2, 0.25) is 0 Å². The molecule has 0 aliphatic rings. The average Bonchev–Trinajstić information content (AvgIpc) is 3.02. The van der Waals surface area contributed by atoms with Gasteiger partial charge in [0.2, 0.25) is 0 Å². The van der Waals surface area contributed by atoms with E-state index in [9.17, 15) is 4.79 Å². The van der Waals surface area contributed by atoms with Gasteiger partial charge in [0.15, 0.2) is 11.5 Å². The van der Waals surface area contributed by atoms with Crippen LogP contribution in [-0.2, 0) is 6.54 Å². The van der Waals surface area contributed by atoms with E-state index in [0.717, 1.165) is 5.39 Å². The van der Waals surface area contributed by atoms with Crippen molar-refractivity contribution in [3.8, 4) is 0 Å². The third-order valence-electron chi connectivity index (χ3n) is 3.38. The van der Waals surface area contributed by atoms with Crippen LogP contribution in [-0.4, -0.2) is 19.9 Å². The molecule has 0 atom stereocenters. The van der Waals surface area contributed by atoms with Crippen LogP contribution in [0.15, 0.2) is 52.2 Å². The Labute approximate surface area is 124 Å². The van der Waals surface area contributed by atoms with Gasteiger partial charge in [-0.2, -0.15) is 0 Å².